The molecule has 0 aliphatic carbocycles. The first-order valence-corrected chi connectivity index (χ1v) is 4.59. The first kappa shape index (κ1) is 8.05. The van der Waals surface area contributed by atoms with Crippen molar-refractivity contribution in [2.75, 3.05) is 11.5 Å². The molecule has 1 nitrogen and oxygen atoms in total. The molecule has 0 amide bonds. The van der Waals surface area contributed by atoms with Crippen LogP contribution in [0.2, 0.25) is 0 Å². The van der Waals surface area contributed by atoms with Gasteiger partial charge in [0.15, 0.2) is 12.0 Å². The van der Waals surface area contributed by atoms with Crippen molar-refractivity contribution in [3.63, 3.8) is 0 Å². The average molecular weight is 162 g/mol. The maximum absolute atomic E-state index is 12.9. The van der Waals surface area contributed by atoms with Crippen LogP contribution in [0.25, 0.3) is 0 Å². The van der Waals surface area contributed by atoms with E-state index in [1.54, 1.807) is 11.8 Å². The molecule has 0 bridgehead atoms. The Kier molecular flexibility index (Phi) is 2.72. The van der Waals surface area contributed by atoms with E-state index in [2.05, 4.69) is 0 Å². The summed E-state index contributed by atoms with van der Waals surface area (Å²) in [6, 6.07) is 0. The van der Waals surface area contributed by atoms with Crippen molar-refractivity contribution in [1.82, 2.24) is 0 Å². The molecule has 2 atom stereocenters. The van der Waals surface area contributed by atoms with E-state index >= 15 is 0 Å². The van der Waals surface area contributed by atoms with Gasteiger partial charge in [0.1, 0.15) is 0 Å². The van der Waals surface area contributed by atoms with Crippen LogP contribution in [-0.4, -0.2) is 23.5 Å². The molecule has 0 spiro atoms. The number of halogens is 1. The third-order valence-electron chi connectivity index (χ3n) is 1.77. The summed E-state index contributed by atoms with van der Waals surface area (Å²) in [6.45, 7) is 1.33. The van der Waals surface area contributed by atoms with Crippen LogP contribution in [0.3, 0.4) is 0 Å². The summed E-state index contributed by atoms with van der Waals surface area (Å²) in [5.41, 5.74) is 0. The maximum Gasteiger partial charge on any atom is 0.164 e. The quantitative estimate of drug-likeness (QED) is 0.614. The van der Waals surface area contributed by atoms with Gasteiger partial charge in [-0.1, -0.05) is 0 Å². The molecule has 1 saturated heterocycles. The number of hydrogen-bond acceptors (Lipinski definition) is 2. The van der Waals surface area contributed by atoms with E-state index in [0.29, 0.717) is 0 Å². The molecule has 1 fully saturated rings. The van der Waals surface area contributed by atoms with Crippen LogP contribution in [-0.2, 0) is 4.79 Å². The van der Waals surface area contributed by atoms with Gasteiger partial charge in [-0.2, -0.15) is 11.8 Å². The topological polar surface area (TPSA) is 17.1 Å². The highest BCUT2D eigenvalue weighted by Crippen LogP contribution is 2.27. The van der Waals surface area contributed by atoms with Gasteiger partial charge < -0.3 is 0 Å². The lowest BCUT2D eigenvalue weighted by atomic mass is 10.0. The Hall–Kier alpha value is -0.0500. The monoisotopic (exact) mass is 162 g/mol. The van der Waals surface area contributed by atoms with Crippen LogP contribution in [0.1, 0.15) is 13.3 Å². The lowest BCUT2D eigenvalue weighted by molar-refractivity contribution is -0.123. The summed E-state index contributed by atoms with van der Waals surface area (Å²) >= 11 is 1.74. The average Bonchev–Trinajstić information content (AvgIpc) is 2.36. The van der Waals surface area contributed by atoms with E-state index in [0.717, 1.165) is 17.9 Å². The zero-order valence-electron chi connectivity index (χ0n) is 5.97. The van der Waals surface area contributed by atoms with E-state index in [1.807, 2.05) is 0 Å². The number of rotatable bonds is 2. The minimum atomic E-state index is -1.20. The molecule has 1 rings (SSSR count). The highest BCUT2D eigenvalue weighted by molar-refractivity contribution is 7.99. The van der Waals surface area contributed by atoms with Crippen molar-refractivity contribution in [3.05, 3.63) is 0 Å². The summed E-state index contributed by atoms with van der Waals surface area (Å²) in [6.07, 6.45) is -0.333. The van der Waals surface area contributed by atoms with Gasteiger partial charge in [0.2, 0.25) is 0 Å². The van der Waals surface area contributed by atoms with Gasteiger partial charge in [-0.05, 0) is 24.9 Å². The maximum atomic E-state index is 12.9. The number of thioether (sulfide) groups is 1. The Morgan fingerprint density at radius 3 is 2.90 bits per heavy atom. The molecular formula is C7H11FOS. The van der Waals surface area contributed by atoms with Gasteiger partial charge in [0.25, 0.3) is 0 Å². The molecule has 58 valence electrons. The molecule has 0 aromatic carbocycles. The second-order valence-corrected chi connectivity index (χ2v) is 3.79. The molecule has 1 aliphatic heterocycles. The normalized spacial score (nSPS) is 28.4. The number of alkyl halides is 1. The standard InChI is InChI=1S/C7H11FOS/c1-5(9)7(8)6-2-3-10-4-6/h6-7H,2-4H2,1H3. The van der Waals surface area contributed by atoms with E-state index in [1.165, 1.54) is 6.92 Å². The molecule has 0 radical (unpaired) electrons. The van der Waals surface area contributed by atoms with Crippen molar-refractivity contribution < 1.29 is 9.18 Å². The second kappa shape index (κ2) is 3.37. The fraction of sp³-hybridized carbons (Fsp3) is 0.857. The summed E-state index contributed by atoms with van der Waals surface area (Å²) in [7, 11) is 0. The van der Waals surface area contributed by atoms with Crippen molar-refractivity contribution in [2.45, 2.75) is 19.5 Å². The molecule has 3 heteroatoms. The zero-order valence-corrected chi connectivity index (χ0v) is 6.79. The Morgan fingerprint density at radius 2 is 2.50 bits per heavy atom. The molecule has 1 aliphatic rings. The molecule has 10 heavy (non-hydrogen) atoms. The molecule has 0 aromatic rings. The van der Waals surface area contributed by atoms with Crippen LogP contribution < -0.4 is 0 Å². The highest BCUT2D eigenvalue weighted by atomic mass is 32.2. The van der Waals surface area contributed by atoms with Crippen molar-refractivity contribution in [3.8, 4) is 0 Å². The zero-order chi connectivity index (χ0) is 7.56. The predicted octanol–water partition coefficient (Wildman–Crippen LogP) is 1.67. The third-order valence-corrected chi connectivity index (χ3v) is 2.96. The van der Waals surface area contributed by atoms with E-state index < -0.39 is 6.17 Å². The largest absolute Gasteiger partial charge is 0.297 e. The summed E-state index contributed by atoms with van der Waals surface area (Å²) in [4.78, 5) is 10.5. The number of Topliss-reactive ketones (excluding diaryl/α,β-unsaturated/α-hetero) is 1. The Bertz CT molecular complexity index is 132. The van der Waals surface area contributed by atoms with Crippen molar-refractivity contribution >= 4 is 17.5 Å². The van der Waals surface area contributed by atoms with E-state index in [9.17, 15) is 9.18 Å². The molecular weight excluding hydrogens is 151 g/mol. The molecule has 0 saturated carbocycles. The number of carbonyl (C=O) groups excluding carboxylic acids is 1. The van der Waals surface area contributed by atoms with Crippen molar-refractivity contribution in [1.29, 1.82) is 0 Å². The van der Waals surface area contributed by atoms with Gasteiger partial charge in [-0.15, -0.1) is 0 Å². The number of carbonyl (C=O) groups is 1. The van der Waals surface area contributed by atoms with E-state index in [-0.39, 0.29) is 11.7 Å². The summed E-state index contributed by atoms with van der Waals surface area (Å²) in [5, 5.41) is 0. The smallest absolute Gasteiger partial charge is 0.164 e. The fourth-order valence-electron chi connectivity index (χ4n) is 1.12. The predicted molar refractivity (Wildman–Crippen MR) is 41.0 cm³/mol. The second-order valence-electron chi connectivity index (χ2n) is 2.64. The first-order valence-electron chi connectivity index (χ1n) is 3.44. The number of ketones is 1. The molecule has 0 aromatic heterocycles. The Morgan fingerprint density at radius 1 is 1.80 bits per heavy atom. The number of hydrogen-bond donors (Lipinski definition) is 0. The van der Waals surface area contributed by atoms with Gasteiger partial charge in [-0.25, -0.2) is 4.39 Å². The summed E-state index contributed by atoms with van der Waals surface area (Å²) in [5.74, 6) is 1.52. The van der Waals surface area contributed by atoms with Crippen LogP contribution in [0.4, 0.5) is 4.39 Å². The van der Waals surface area contributed by atoms with Crippen LogP contribution in [0, 0.1) is 5.92 Å². The SMILES string of the molecule is CC(=O)C(F)C1CCSC1. The highest BCUT2D eigenvalue weighted by Gasteiger charge is 2.27. The Balaban J connectivity index is 2.39. The van der Waals surface area contributed by atoms with Gasteiger partial charge >= 0.3 is 0 Å². The van der Waals surface area contributed by atoms with Gasteiger partial charge in [-0.3, -0.25) is 4.79 Å². The van der Waals surface area contributed by atoms with Crippen LogP contribution in [0.5, 0.6) is 0 Å². The molecule has 2 unspecified atom stereocenters. The Labute approximate surface area is 64.4 Å². The molecule has 1 heterocycles. The summed E-state index contributed by atoms with van der Waals surface area (Å²) < 4.78 is 12.9. The lowest BCUT2D eigenvalue weighted by Gasteiger charge is -2.09. The lowest BCUT2D eigenvalue weighted by Crippen LogP contribution is -2.22. The molecule has 0 N–H and O–H groups in total. The third kappa shape index (κ3) is 1.72. The van der Waals surface area contributed by atoms with Crippen LogP contribution >= 0.6 is 11.8 Å². The minimum Gasteiger partial charge on any atom is -0.297 e. The first-order chi connectivity index (χ1) is 4.72. The van der Waals surface area contributed by atoms with Crippen molar-refractivity contribution in [2.24, 2.45) is 5.92 Å². The van der Waals surface area contributed by atoms with Gasteiger partial charge in [0.05, 0.1) is 0 Å². The van der Waals surface area contributed by atoms with E-state index in [4.69, 9.17) is 0 Å². The fourth-order valence-corrected chi connectivity index (χ4v) is 2.39. The van der Waals surface area contributed by atoms with Gasteiger partial charge in [0, 0.05) is 5.92 Å². The minimum absolute atomic E-state index is 0.00231. The van der Waals surface area contributed by atoms with Crippen LogP contribution in [0.15, 0.2) is 0 Å².